The van der Waals surface area contributed by atoms with Crippen molar-refractivity contribution in [3.05, 3.63) is 58.6 Å². The van der Waals surface area contributed by atoms with Gasteiger partial charge in [0.15, 0.2) is 0 Å². The summed E-state index contributed by atoms with van der Waals surface area (Å²) in [6.07, 6.45) is 0. The van der Waals surface area contributed by atoms with Gasteiger partial charge in [-0.15, -0.1) is 0 Å². The first-order valence-electron chi connectivity index (χ1n) is 8.15. The molecule has 19 heavy (non-hydrogen) atoms. The third-order valence-corrected chi connectivity index (χ3v) is 3.80. The summed E-state index contributed by atoms with van der Waals surface area (Å²) in [5.41, 5.74) is 1.24. The minimum Gasteiger partial charge on any atom is -0.457 e. The molecule has 0 unspecified atom stereocenters. The Morgan fingerprint density at radius 3 is 2.68 bits per heavy atom. The molecule has 2 aliphatic heterocycles. The van der Waals surface area contributed by atoms with Crippen LogP contribution in [0.2, 0.25) is 5.02 Å². The van der Waals surface area contributed by atoms with Crippen LogP contribution in [0, 0.1) is 0 Å². The van der Waals surface area contributed by atoms with Crippen LogP contribution in [-0.4, -0.2) is 13.0 Å². The molecule has 0 radical (unpaired) electrons. The zero-order valence-corrected chi connectivity index (χ0v) is 10.7. The minimum absolute atomic E-state index is 0.473. The molecule has 2 nitrogen and oxygen atoms in total. The van der Waals surface area contributed by atoms with E-state index in [1.807, 2.05) is 12.1 Å². The number of rotatable bonds is 0. The van der Waals surface area contributed by atoms with Crippen LogP contribution in [0.1, 0.15) is 28.4 Å². The standard InChI is InChI=1S/C16H14ClNO/c17-10-5-6-16-12(7-10)14-9-18-8-13(14)11-3-1-2-4-15(11)19-16/h1-7,13-14,18H,8-9H2/t13-,14-/m0/s1/i8D2,9D2. The number of hydrogen-bond donors (Lipinski definition) is 1. The molecule has 1 N–H and O–H groups in total. The summed E-state index contributed by atoms with van der Waals surface area (Å²) in [6.45, 7) is -3.83. The number of ether oxygens (including phenoxy) is 1. The Labute approximate surface area is 123 Å². The van der Waals surface area contributed by atoms with Gasteiger partial charge in [-0.3, -0.25) is 0 Å². The van der Waals surface area contributed by atoms with Crippen molar-refractivity contribution in [2.45, 2.75) is 11.8 Å². The molecule has 2 atom stereocenters. The van der Waals surface area contributed by atoms with Gasteiger partial charge < -0.3 is 10.1 Å². The van der Waals surface area contributed by atoms with Gasteiger partial charge in [-0.25, -0.2) is 0 Å². The third kappa shape index (κ3) is 1.75. The van der Waals surface area contributed by atoms with E-state index in [0.29, 0.717) is 27.6 Å². The van der Waals surface area contributed by atoms with Crippen molar-refractivity contribution in [3.8, 4) is 11.5 Å². The molecule has 4 rings (SSSR count). The molecule has 2 aromatic rings. The van der Waals surface area contributed by atoms with Crippen LogP contribution in [0.5, 0.6) is 11.5 Å². The fourth-order valence-corrected chi connectivity index (χ4v) is 2.86. The van der Waals surface area contributed by atoms with Crippen molar-refractivity contribution < 1.29 is 10.2 Å². The monoisotopic (exact) mass is 275 g/mol. The van der Waals surface area contributed by atoms with Crippen LogP contribution in [0.3, 0.4) is 0 Å². The predicted octanol–water partition coefficient (Wildman–Crippen LogP) is 3.92. The van der Waals surface area contributed by atoms with E-state index in [0.717, 1.165) is 0 Å². The van der Waals surface area contributed by atoms with Crippen molar-refractivity contribution in [1.29, 1.82) is 0 Å². The van der Waals surface area contributed by atoms with Gasteiger partial charge in [-0.1, -0.05) is 29.8 Å². The fraction of sp³-hybridized carbons (Fsp3) is 0.250. The Morgan fingerprint density at radius 1 is 1.05 bits per heavy atom. The molecular formula is C16H14ClNO. The topological polar surface area (TPSA) is 21.3 Å². The second-order valence-corrected chi connectivity index (χ2v) is 5.13. The van der Waals surface area contributed by atoms with Gasteiger partial charge in [0.05, 0.1) is 0 Å². The molecule has 0 spiro atoms. The van der Waals surface area contributed by atoms with Crippen LogP contribution in [-0.2, 0) is 0 Å². The SMILES string of the molecule is [2H]C1([2H])NC([2H])([2H])[C@H]2c3cc(Cl)ccc3Oc3ccccc3[C@@H]21. The number of benzene rings is 2. The van der Waals surface area contributed by atoms with Crippen LogP contribution in [0.15, 0.2) is 42.5 Å². The lowest BCUT2D eigenvalue weighted by Gasteiger charge is -2.17. The molecular weight excluding hydrogens is 258 g/mol. The van der Waals surface area contributed by atoms with E-state index in [9.17, 15) is 0 Å². The van der Waals surface area contributed by atoms with E-state index in [1.165, 1.54) is 0 Å². The molecule has 0 amide bonds. The smallest absolute Gasteiger partial charge is 0.131 e. The maximum absolute atomic E-state index is 8.32. The maximum atomic E-state index is 8.32. The van der Waals surface area contributed by atoms with Crippen molar-refractivity contribution in [2.75, 3.05) is 13.0 Å². The normalized spacial score (nSPS) is 32.3. The highest BCUT2D eigenvalue weighted by atomic mass is 35.5. The summed E-state index contributed by atoms with van der Waals surface area (Å²) in [4.78, 5) is 0. The van der Waals surface area contributed by atoms with E-state index in [1.54, 1.807) is 30.3 Å². The summed E-state index contributed by atoms with van der Waals surface area (Å²) >= 11 is 6.10. The lowest BCUT2D eigenvalue weighted by Crippen LogP contribution is -2.08. The molecule has 0 bridgehead atoms. The summed E-state index contributed by atoms with van der Waals surface area (Å²) in [5, 5.41) is 2.98. The fourth-order valence-electron chi connectivity index (χ4n) is 2.68. The van der Waals surface area contributed by atoms with Crippen molar-refractivity contribution >= 4 is 11.6 Å². The van der Waals surface area contributed by atoms with Gasteiger partial charge >= 0.3 is 0 Å². The van der Waals surface area contributed by atoms with E-state index >= 15 is 0 Å². The van der Waals surface area contributed by atoms with E-state index in [4.69, 9.17) is 21.8 Å². The Bertz CT molecular complexity index is 795. The zero-order chi connectivity index (χ0) is 16.4. The molecule has 3 heteroatoms. The van der Waals surface area contributed by atoms with E-state index in [-0.39, 0.29) is 0 Å². The first-order chi connectivity index (χ1) is 10.8. The number of hydrogen-bond acceptors (Lipinski definition) is 2. The van der Waals surface area contributed by atoms with Gasteiger partial charge in [-0.2, -0.15) is 0 Å². The van der Waals surface area contributed by atoms with Crippen LogP contribution in [0.25, 0.3) is 0 Å². The molecule has 1 fully saturated rings. The molecule has 0 saturated carbocycles. The van der Waals surface area contributed by atoms with E-state index < -0.39 is 24.8 Å². The summed E-state index contributed by atoms with van der Waals surface area (Å²) in [6, 6.07) is 12.3. The summed E-state index contributed by atoms with van der Waals surface area (Å²) < 4.78 is 39.2. The second kappa shape index (κ2) is 4.26. The molecule has 96 valence electrons. The van der Waals surface area contributed by atoms with Gasteiger partial charge in [-0.05, 0) is 29.8 Å². The van der Waals surface area contributed by atoms with Gasteiger partial charge in [0.25, 0.3) is 0 Å². The first-order valence-corrected chi connectivity index (χ1v) is 6.53. The molecule has 0 aromatic heterocycles. The summed E-state index contributed by atoms with van der Waals surface area (Å²) in [5.74, 6) is -0.395. The molecule has 1 saturated heterocycles. The third-order valence-electron chi connectivity index (χ3n) is 3.57. The van der Waals surface area contributed by atoms with E-state index in [2.05, 4.69) is 5.32 Å². The molecule has 2 heterocycles. The quantitative estimate of drug-likeness (QED) is 0.787. The van der Waals surface area contributed by atoms with Gasteiger partial charge in [0.2, 0.25) is 0 Å². The Balaban J connectivity index is 2.04. The van der Waals surface area contributed by atoms with Crippen LogP contribution in [0.4, 0.5) is 0 Å². The molecule has 2 aliphatic rings. The lowest BCUT2D eigenvalue weighted by atomic mass is 9.84. The second-order valence-electron chi connectivity index (χ2n) is 4.69. The molecule has 2 aromatic carbocycles. The number of halogens is 1. The zero-order valence-electron chi connectivity index (χ0n) is 14.0. The highest BCUT2D eigenvalue weighted by molar-refractivity contribution is 6.30. The van der Waals surface area contributed by atoms with Crippen LogP contribution >= 0.6 is 11.6 Å². The largest absolute Gasteiger partial charge is 0.457 e. The minimum atomic E-state index is -1.92. The Kier molecular flexibility index (Phi) is 1.78. The van der Waals surface area contributed by atoms with Gasteiger partial charge in [0, 0.05) is 40.9 Å². The lowest BCUT2D eigenvalue weighted by molar-refractivity contribution is 0.476. The molecule has 0 aliphatic carbocycles. The average molecular weight is 276 g/mol. The maximum Gasteiger partial charge on any atom is 0.131 e. The highest BCUT2D eigenvalue weighted by Crippen LogP contribution is 2.48. The van der Waals surface area contributed by atoms with Crippen LogP contribution < -0.4 is 10.1 Å². The van der Waals surface area contributed by atoms with Crippen molar-refractivity contribution in [1.82, 2.24) is 5.32 Å². The van der Waals surface area contributed by atoms with Crippen molar-refractivity contribution in [2.24, 2.45) is 0 Å². The number of nitrogens with one attached hydrogen (secondary N) is 1. The number of fused-ring (bicyclic) bond motifs is 5. The Hall–Kier alpha value is -1.51. The average Bonchev–Trinajstić information content (AvgIpc) is 2.58. The Morgan fingerprint density at radius 2 is 1.79 bits per heavy atom. The van der Waals surface area contributed by atoms with Crippen molar-refractivity contribution in [3.63, 3.8) is 0 Å². The van der Waals surface area contributed by atoms with Gasteiger partial charge in [0.1, 0.15) is 11.5 Å². The highest BCUT2D eigenvalue weighted by Gasteiger charge is 2.35. The predicted molar refractivity (Wildman–Crippen MR) is 76.3 cm³/mol. The number of para-hydroxylation sites is 1. The first kappa shape index (κ1) is 7.93. The summed E-state index contributed by atoms with van der Waals surface area (Å²) in [7, 11) is 0.